The predicted octanol–water partition coefficient (Wildman–Crippen LogP) is 3.54. The van der Waals surface area contributed by atoms with Crippen LogP contribution in [0, 0.1) is 0 Å². The number of aryl methyl sites for hydroxylation is 1. The number of rotatable bonds is 4. The summed E-state index contributed by atoms with van der Waals surface area (Å²) < 4.78 is 12.5. The number of hydrogen-bond donors (Lipinski definition) is 0. The molecule has 0 radical (unpaired) electrons. The van der Waals surface area contributed by atoms with E-state index in [-0.39, 0.29) is 5.97 Å². The summed E-state index contributed by atoms with van der Waals surface area (Å²) in [5, 5.41) is 0.862. The Morgan fingerprint density at radius 1 is 1.14 bits per heavy atom. The van der Waals surface area contributed by atoms with Gasteiger partial charge >= 0.3 is 5.97 Å². The van der Waals surface area contributed by atoms with Crippen LogP contribution in [0.25, 0.3) is 10.9 Å². The van der Waals surface area contributed by atoms with Gasteiger partial charge in [0, 0.05) is 24.7 Å². The highest BCUT2D eigenvalue weighted by Crippen LogP contribution is 2.26. The van der Waals surface area contributed by atoms with Gasteiger partial charge in [-0.25, -0.2) is 4.79 Å². The first kappa shape index (κ1) is 14.2. The van der Waals surface area contributed by atoms with Crippen molar-refractivity contribution in [1.82, 2.24) is 4.57 Å². The molecule has 112 valence electrons. The second-order valence-electron chi connectivity index (χ2n) is 5.10. The van der Waals surface area contributed by atoms with Crippen molar-refractivity contribution in [3.05, 3.63) is 65.9 Å². The SMILES string of the molecule is COC(=O)c1cn(C)c2cc(OCc3ccccc3)ccc12. The standard InChI is InChI=1S/C18H17NO3/c1-19-11-16(18(20)21-2)15-9-8-14(10-17(15)19)22-12-13-6-4-3-5-7-13/h3-11H,12H2,1-2H3. The third kappa shape index (κ3) is 2.68. The number of aromatic nitrogens is 1. The Labute approximate surface area is 128 Å². The molecule has 0 unspecified atom stereocenters. The second kappa shape index (κ2) is 5.93. The van der Waals surface area contributed by atoms with Crippen LogP contribution in [0.15, 0.2) is 54.7 Å². The molecule has 0 saturated carbocycles. The van der Waals surface area contributed by atoms with Gasteiger partial charge in [-0.15, -0.1) is 0 Å². The number of esters is 1. The van der Waals surface area contributed by atoms with Crippen molar-refractivity contribution in [2.45, 2.75) is 6.61 Å². The van der Waals surface area contributed by atoms with E-state index in [0.29, 0.717) is 12.2 Å². The monoisotopic (exact) mass is 295 g/mol. The summed E-state index contributed by atoms with van der Waals surface area (Å²) in [7, 11) is 3.29. The highest BCUT2D eigenvalue weighted by atomic mass is 16.5. The van der Waals surface area contributed by atoms with Gasteiger partial charge in [-0.3, -0.25) is 0 Å². The Hall–Kier alpha value is -2.75. The van der Waals surface area contributed by atoms with Gasteiger partial charge in [0.25, 0.3) is 0 Å². The Morgan fingerprint density at radius 3 is 2.64 bits per heavy atom. The lowest BCUT2D eigenvalue weighted by molar-refractivity contribution is 0.0603. The van der Waals surface area contributed by atoms with Gasteiger partial charge in [0.1, 0.15) is 12.4 Å². The molecule has 1 heterocycles. The van der Waals surface area contributed by atoms with Crippen LogP contribution in [0.3, 0.4) is 0 Å². The number of nitrogens with zero attached hydrogens (tertiary/aromatic N) is 1. The quantitative estimate of drug-likeness (QED) is 0.691. The number of fused-ring (bicyclic) bond motifs is 1. The van der Waals surface area contributed by atoms with Crippen LogP contribution < -0.4 is 4.74 Å². The minimum atomic E-state index is -0.330. The zero-order chi connectivity index (χ0) is 15.5. The fourth-order valence-electron chi connectivity index (χ4n) is 2.47. The largest absolute Gasteiger partial charge is 0.489 e. The van der Waals surface area contributed by atoms with Crippen molar-refractivity contribution in [2.75, 3.05) is 7.11 Å². The van der Waals surface area contributed by atoms with Crippen LogP contribution >= 0.6 is 0 Å². The maximum atomic E-state index is 11.8. The first-order valence-electron chi connectivity index (χ1n) is 7.03. The first-order chi connectivity index (χ1) is 10.7. The molecule has 0 fully saturated rings. The van der Waals surface area contributed by atoms with Crippen molar-refractivity contribution in [2.24, 2.45) is 7.05 Å². The lowest BCUT2D eigenvalue weighted by Gasteiger charge is -2.07. The molecule has 0 amide bonds. The molecule has 0 spiro atoms. The molecule has 1 aromatic heterocycles. The van der Waals surface area contributed by atoms with Crippen molar-refractivity contribution >= 4 is 16.9 Å². The Morgan fingerprint density at radius 2 is 1.91 bits per heavy atom. The highest BCUT2D eigenvalue weighted by molar-refractivity contribution is 6.04. The molecular weight excluding hydrogens is 278 g/mol. The second-order valence-corrected chi connectivity index (χ2v) is 5.10. The lowest BCUT2D eigenvalue weighted by Crippen LogP contribution is -1.99. The van der Waals surface area contributed by atoms with E-state index in [1.165, 1.54) is 7.11 Å². The molecule has 4 heteroatoms. The molecule has 0 aliphatic carbocycles. The van der Waals surface area contributed by atoms with Gasteiger partial charge < -0.3 is 14.0 Å². The van der Waals surface area contributed by atoms with Crippen molar-refractivity contribution in [3.8, 4) is 5.75 Å². The molecule has 22 heavy (non-hydrogen) atoms. The van der Waals surface area contributed by atoms with E-state index in [1.807, 2.05) is 60.1 Å². The molecule has 2 aromatic carbocycles. The number of methoxy groups -OCH3 is 1. The summed E-state index contributed by atoms with van der Waals surface area (Å²) in [5.74, 6) is 0.442. The number of ether oxygens (including phenoxy) is 2. The van der Waals surface area contributed by atoms with Crippen LogP contribution in [-0.4, -0.2) is 17.6 Å². The summed E-state index contributed by atoms with van der Waals surface area (Å²) in [4.78, 5) is 11.8. The van der Waals surface area contributed by atoms with E-state index >= 15 is 0 Å². The van der Waals surface area contributed by atoms with Gasteiger partial charge in [0.2, 0.25) is 0 Å². The minimum Gasteiger partial charge on any atom is -0.489 e. The average Bonchev–Trinajstić information content (AvgIpc) is 2.90. The average molecular weight is 295 g/mol. The zero-order valence-electron chi connectivity index (χ0n) is 12.6. The van der Waals surface area contributed by atoms with Gasteiger partial charge in [0.15, 0.2) is 0 Å². The van der Waals surface area contributed by atoms with Crippen LogP contribution in [-0.2, 0) is 18.4 Å². The molecule has 3 rings (SSSR count). The smallest absolute Gasteiger partial charge is 0.340 e. The summed E-state index contributed by atoms with van der Waals surface area (Å²) >= 11 is 0. The van der Waals surface area contributed by atoms with Gasteiger partial charge in [0.05, 0.1) is 18.2 Å². The lowest BCUT2D eigenvalue weighted by atomic mass is 10.1. The predicted molar refractivity (Wildman–Crippen MR) is 85.0 cm³/mol. The summed E-state index contributed by atoms with van der Waals surface area (Å²) in [6.45, 7) is 0.515. The summed E-state index contributed by atoms with van der Waals surface area (Å²) in [6, 6.07) is 15.7. The number of carbonyl (C=O) groups excluding carboxylic acids is 1. The normalized spacial score (nSPS) is 10.6. The van der Waals surface area contributed by atoms with E-state index in [4.69, 9.17) is 9.47 Å². The van der Waals surface area contributed by atoms with Crippen LogP contribution in [0.5, 0.6) is 5.75 Å². The summed E-state index contributed by atoms with van der Waals surface area (Å²) in [6.07, 6.45) is 1.78. The van der Waals surface area contributed by atoms with Gasteiger partial charge in [-0.1, -0.05) is 30.3 Å². The maximum absolute atomic E-state index is 11.8. The van der Waals surface area contributed by atoms with E-state index in [2.05, 4.69) is 0 Å². The van der Waals surface area contributed by atoms with Gasteiger partial charge in [-0.05, 0) is 17.7 Å². The Bertz CT molecular complexity index is 806. The molecule has 0 bridgehead atoms. The van der Waals surface area contributed by atoms with Crippen molar-refractivity contribution in [3.63, 3.8) is 0 Å². The molecular formula is C18H17NO3. The molecule has 0 aliphatic rings. The van der Waals surface area contributed by atoms with Crippen LogP contribution in [0.4, 0.5) is 0 Å². The third-order valence-electron chi connectivity index (χ3n) is 3.62. The van der Waals surface area contributed by atoms with E-state index < -0.39 is 0 Å². The van der Waals surface area contributed by atoms with Crippen LogP contribution in [0.2, 0.25) is 0 Å². The Kier molecular flexibility index (Phi) is 3.83. The molecule has 0 aliphatic heterocycles. The maximum Gasteiger partial charge on any atom is 0.340 e. The zero-order valence-corrected chi connectivity index (χ0v) is 12.6. The van der Waals surface area contributed by atoms with Crippen molar-refractivity contribution < 1.29 is 14.3 Å². The van der Waals surface area contributed by atoms with Gasteiger partial charge in [-0.2, -0.15) is 0 Å². The van der Waals surface area contributed by atoms with E-state index in [0.717, 1.165) is 22.2 Å². The highest BCUT2D eigenvalue weighted by Gasteiger charge is 2.14. The molecule has 0 atom stereocenters. The van der Waals surface area contributed by atoms with E-state index in [9.17, 15) is 4.79 Å². The topological polar surface area (TPSA) is 40.5 Å². The summed E-state index contributed by atoms with van der Waals surface area (Å²) in [5.41, 5.74) is 2.62. The fraction of sp³-hybridized carbons (Fsp3) is 0.167. The fourth-order valence-corrected chi connectivity index (χ4v) is 2.47. The molecule has 4 nitrogen and oxygen atoms in total. The third-order valence-corrected chi connectivity index (χ3v) is 3.62. The number of hydrogen-bond acceptors (Lipinski definition) is 3. The molecule has 3 aromatic rings. The van der Waals surface area contributed by atoms with Crippen molar-refractivity contribution in [1.29, 1.82) is 0 Å². The molecule has 0 N–H and O–H groups in total. The Balaban J connectivity index is 1.87. The number of carbonyl (C=O) groups is 1. The number of benzene rings is 2. The first-order valence-corrected chi connectivity index (χ1v) is 7.03. The minimum absolute atomic E-state index is 0.330. The van der Waals surface area contributed by atoms with E-state index in [1.54, 1.807) is 6.20 Å². The molecule has 0 saturated heterocycles. The van der Waals surface area contributed by atoms with Crippen LogP contribution in [0.1, 0.15) is 15.9 Å².